The summed E-state index contributed by atoms with van der Waals surface area (Å²) in [5.74, 6) is 0.126. The molecule has 92 valence electrons. The van der Waals surface area contributed by atoms with Gasteiger partial charge in [0, 0.05) is 25.2 Å². The fourth-order valence-corrected chi connectivity index (χ4v) is 2.22. The van der Waals surface area contributed by atoms with Crippen LogP contribution in [0.4, 0.5) is 0 Å². The van der Waals surface area contributed by atoms with E-state index in [0.29, 0.717) is 6.04 Å². The molecule has 1 aliphatic rings. The number of carbonyl (C=O) groups is 1. The second kappa shape index (κ2) is 5.32. The molecule has 0 aliphatic carbocycles. The summed E-state index contributed by atoms with van der Waals surface area (Å²) in [5, 5.41) is 3.28. The van der Waals surface area contributed by atoms with Gasteiger partial charge in [0.15, 0.2) is 0 Å². The van der Waals surface area contributed by atoms with Crippen LogP contribution >= 0.6 is 0 Å². The van der Waals surface area contributed by atoms with E-state index in [9.17, 15) is 4.79 Å². The lowest BCUT2D eigenvalue weighted by Crippen LogP contribution is -2.38. The Kier molecular flexibility index (Phi) is 3.79. The van der Waals surface area contributed by atoms with Crippen molar-refractivity contribution in [2.24, 2.45) is 0 Å². The number of hydrogen-bond acceptors (Lipinski definition) is 2. The van der Waals surface area contributed by atoms with Crippen molar-refractivity contribution in [3.8, 4) is 0 Å². The summed E-state index contributed by atoms with van der Waals surface area (Å²) in [6.07, 6.45) is 2.06. The summed E-state index contributed by atoms with van der Waals surface area (Å²) in [4.78, 5) is 14.1. The maximum Gasteiger partial charge on any atom is 0.253 e. The lowest BCUT2D eigenvalue weighted by Gasteiger charge is -2.23. The molecule has 17 heavy (non-hydrogen) atoms. The first-order chi connectivity index (χ1) is 8.22. The number of hydrogen-bond donors (Lipinski definition) is 1. The smallest absolute Gasteiger partial charge is 0.253 e. The number of carbonyl (C=O) groups excluding carboxylic acids is 1. The van der Waals surface area contributed by atoms with Gasteiger partial charge in [-0.2, -0.15) is 0 Å². The zero-order valence-electron chi connectivity index (χ0n) is 10.6. The molecule has 1 aromatic rings. The van der Waals surface area contributed by atoms with Crippen LogP contribution in [0.5, 0.6) is 0 Å². The Morgan fingerprint density at radius 1 is 1.41 bits per heavy atom. The molecule has 1 aromatic carbocycles. The van der Waals surface area contributed by atoms with Gasteiger partial charge in [0.05, 0.1) is 0 Å². The van der Waals surface area contributed by atoms with E-state index in [-0.39, 0.29) is 5.91 Å². The summed E-state index contributed by atoms with van der Waals surface area (Å²) in [7, 11) is 1.90. The standard InChI is InChI=1S/C14H20N2O/c1-3-11-4-6-12(7-5-11)14(17)16(2)13-8-9-15-10-13/h4-7,13,15H,3,8-10H2,1-2H3/t13-/m0/s1. The van der Waals surface area contributed by atoms with Crippen molar-refractivity contribution >= 4 is 5.91 Å². The Morgan fingerprint density at radius 2 is 2.12 bits per heavy atom. The molecule has 1 N–H and O–H groups in total. The van der Waals surface area contributed by atoms with Crippen LogP contribution in [0, 0.1) is 0 Å². The lowest BCUT2D eigenvalue weighted by molar-refractivity contribution is 0.0744. The van der Waals surface area contributed by atoms with Gasteiger partial charge < -0.3 is 10.2 Å². The summed E-state index contributed by atoms with van der Waals surface area (Å²) in [6.45, 7) is 4.04. The molecule has 1 amide bonds. The third-order valence-corrected chi connectivity index (χ3v) is 3.51. The molecule has 1 aliphatic heterocycles. The SMILES string of the molecule is CCc1ccc(C(=O)N(C)[C@H]2CCNC2)cc1. The van der Waals surface area contributed by atoms with Gasteiger partial charge in [0.2, 0.25) is 0 Å². The molecule has 0 spiro atoms. The average molecular weight is 232 g/mol. The minimum Gasteiger partial charge on any atom is -0.337 e. The molecular weight excluding hydrogens is 212 g/mol. The minimum atomic E-state index is 0.126. The number of rotatable bonds is 3. The highest BCUT2D eigenvalue weighted by Gasteiger charge is 2.23. The number of aryl methyl sites for hydroxylation is 1. The van der Waals surface area contributed by atoms with E-state index in [0.717, 1.165) is 31.5 Å². The first-order valence-corrected chi connectivity index (χ1v) is 6.29. The van der Waals surface area contributed by atoms with Crippen molar-refractivity contribution in [3.05, 3.63) is 35.4 Å². The summed E-state index contributed by atoms with van der Waals surface area (Å²) in [5.41, 5.74) is 2.06. The largest absolute Gasteiger partial charge is 0.337 e. The van der Waals surface area contributed by atoms with E-state index in [1.807, 2.05) is 36.2 Å². The molecule has 0 bridgehead atoms. The van der Waals surface area contributed by atoms with Gasteiger partial charge in [0.1, 0.15) is 0 Å². The van der Waals surface area contributed by atoms with E-state index in [1.54, 1.807) is 0 Å². The van der Waals surface area contributed by atoms with Gasteiger partial charge in [-0.05, 0) is 37.1 Å². The van der Waals surface area contributed by atoms with Crippen LogP contribution in [0.3, 0.4) is 0 Å². The van der Waals surface area contributed by atoms with Crippen molar-refractivity contribution < 1.29 is 4.79 Å². The summed E-state index contributed by atoms with van der Waals surface area (Å²) in [6, 6.07) is 8.27. The minimum absolute atomic E-state index is 0.126. The van der Waals surface area contributed by atoms with Crippen LogP contribution in [0.25, 0.3) is 0 Å². The Bertz CT molecular complexity index is 380. The molecule has 0 saturated carbocycles. The van der Waals surface area contributed by atoms with Crippen molar-refractivity contribution in [2.75, 3.05) is 20.1 Å². The number of nitrogens with zero attached hydrogens (tertiary/aromatic N) is 1. The predicted octanol–water partition coefficient (Wildman–Crippen LogP) is 1.68. The van der Waals surface area contributed by atoms with Crippen molar-refractivity contribution in [1.82, 2.24) is 10.2 Å². The monoisotopic (exact) mass is 232 g/mol. The Balaban J connectivity index is 2.07. The highest BCUT2D eigenvalue weighted by molar-refractivity contribution is 5.94. The third-order valence-electron chi connectivity index (χ3n) is 3.51. The second-order valence-electron chi connectivity index (χ2n) is 4.61. The summed E-state index contributed by atoms with van der Waals surface area (Å²) >= 11 is 0. The Hall–Kier alpha value is -1.35. The topological polar surface area (TPSA) is 32.3 Å². The number of nitrogens with one attached hydrogen (secondary N) is 1. The van der Waals surface area contributed by atoms with Gasteiger partial charge in [-0.25, -0.2) is 0 Å². The predicted molar refractivity (Wildman–Crippen MR) is 69.2 cm³/mol. The van der Waals surface area contributed by atoms with Gasteiger partial charge in [-0.3, -0.25) is 4.79 Å². The van der Waals surface area contributed by atoms with Gasteiger partial charge in [-0.1, -0.05) is 19.1 Å². The lowest BCUT2D eigenvalue weighted by atomic mass is 10.1. The number of amides is 1. The zero-order chi connectivity index (χ0) is 12.3. The maximum absolute atomic E-state index is 12.2. The van der Waals surface area contributed by atoms with Crippen LogP contribution in [-0.4, -0.2) is 37.0 Å². The van der Waals surface area contributed by atoms with Crippen LogP contribution in [0.2, 0.25) is 0 Å². The van der Waals surface area contributed by atoms with Gasteiger partial charge in [0.25, 0.3) is 5.91 Å². The van der Waals surface area contributed by atoms with Gasteiger partial charge in [-0.15, -0.1) is 0 Å². The molecule has 2 rings (SSSR count). The van der Waals surface area contributed by atoms with E-state index in [1.165, 1.54) is 5.56 Å². The normalized spacial score (nSPS) is 19.3. The van der Waals surface area contributed by atoms with E-state index >= 15 is 0 Å². The Labute approximate surface area is 103 Å². The molecule has 1 heterocycles. The molecular formula is C14H20N2O. The van der Waals surface area contributed by atoms with Crippen LogP contribution in [0.15, 0.2) is 24.3 Å². The second-order valence-corrected chi connectivity index (χ2v) is 4.61. The van der Waals surface area contributed by atoms with E-state index < -0.39 is 0 Å². The molecule has 0 radical (unpaired) electrons. The highest BCUT2D eigenvalue weighted by atomic mass is 16.2. The van der Waals surface area contributed by atoms with Crippen molar-refractivity contribution in [2.45, 2.75) is 25.8 Å². The van der Waals surface area contributed by atoms with E-state index in [4.69, 9.17) is 0 Å². The Morgan fingerprint density at radius 3 is 2.65 bits per heavy atom. The third kappa shape index (κ3) is 2.67. The number of benzene rings is 1. The number of likely N-dealkylation sites (N-methyl/N-ethyl adjacent to an activating group) is 1. The fourth-order valence-electron chi connectivity index (χ4n) is 2.22. The van der Waals surface area contributed by atoms with Gasteiger partial charge >= 0.3 is 0 Å². The quantitative estimate of drug-likeness (QED) is 0.860. The van der Waals surface area contributed by atoms with Crippen molar-refractivity contribution in [1.29, 1.82) is 0 Å². The molecule has 0 aromatic heterocycles. The maximum atomic E-state index is 12.2. The molecule has 3 heteroatoms. The van der Waals surface area contributed by atoms with E-state index in [2.05, 4.69) is 12.2 Å². The van der Waals surface area contributed by atoms with Crippen LogP contribution in [0.1, 0.15) is 29.3 Å². The van der Waals surface area contributed by atoms with Crippen LogP contribution < -0.4 is 5.32 Å². The first-order valence-electron chi connectivity index (χ1n) is 6.29. The first kappa shape index (κ1) is 12.1. The highest BCUT2D eigenvalue weighted by Crippen LogP contribution is 2.12. The zero-order valence-corrected chi connectivity index (χ0v) is 10.6. The van der Waals surface area contributed by atoms with Crippen molar-refractivity contribution in [3.63, 3.8) is 0 Å². The molecule has 1 fully saturated rings. The molecule has 3 nitrogen and oxygen atoms in total. The summed E-state index contributed by atoms with van der Waals surface area (Å²) < 4.78 is 0. The molecule has 1 atom stereocenters. The molecule has 0 unspecified atom stereocenters. The van der Waals surface area contributed by atoms with Crippen LogP contribution in [-0.2, 0) is 6.42 Å². The fraction of sp³-hybridized carbons (Fsp3) is 0.500. The molecule has 1 saturated heterocycles. The average Bonchev–Trinajstić information content (AvgIpc) is 2.91.